The summed E-state index contributed by atoms with van der Waals surface area (Å²) in [5.41, 5.74) is 5.64. The van der Waals surface area contributed by atoms with Gasteiger partial charge in [0.05, 0.1) is 0 Å². The van der Waals surface area contributed by atoms with Gasteiger partial charge in [-0.2, -0.15) is 0 Å². The van der Waals surface area contributed by atoms with Crippen LogP contribution in [-0.2, 0) is 11.2 Å². The van der Waals surface area contributed by atoms with Crippen molar-refractivity contribution in [3.05, 3.63) is 82.6 Å². The Balaban J connectivity index is 1.70. The van der Waals surface area contributed by atoms with E-state index in [4.69, 9.17) is 11.6 Å². The molecule has 0 unspecified atom stereocenters. The van der Waals surface area contributed by atoms with Crippen LogP contribution in [0.15, 0.2) is 60.8 Å². The first kappa shape index (κ1) is 21.7. The molecule has 0 bridgehead atoms. The summed E-state index contributed by atoms with van der Waals surface area (Å²) in [6, 6.07) is 17.4. The molecular weight excluding hydrogens is 396 g/mol. The summed E-state index contributed by atoms with van der Waals surface area (Å²) in [5.74, 6) is 0.194. The first-order chi connectivity index (χ1) is 14.4. The molecule has 2 aromatic carbocycles. The van der Waals surface area contributed by atoms with Gasteiger partial charge in [-0.3, -0.25) is 9.59 Å². The molecule has 1 aromatic heterocycles. The van der Waals surface area contributed by atoms with Gasteiger partial charge in [-0.1, -0.05) is 54.9 Å². The van der Waals surface area contributed by atoms with E-state index in [9.17, 15) is 9.59 Å². The van der Waals surface area contributed by atoms with Gasteiger partial charge in [0.2, 0.25) is 5.91 Å². The fraction of sp³-hybridized carbons (Fsp3) is 0.240. The van der Waals surface area contributed by atoms with E-state index in [1.54, 1.807) is 24.2 Å². The lowest BCUT2D eigenvalue weighted by atomic mass is 9.95. The van der Waals surface area contributed by atoms with Crippen LogP contribution >= 0.6 is 11.6 Å². The molecule has 0 spiro atoms. The van der Waals surface area contributed by atoms with Crippen LogP contribution in [0.3, 0.4) is 0 Å². The number of benzene rings is 2. The molecule has 4 nitrogen and oxygen atoms in total. The second-order valence-corrected chi connectivity index (χ2v) is 7.68. The molecule has 0 atom stereocenters. The third-order valence-corrected chi connectivity index (χ3v) is 5.44. The van der Waals surface area contributed by atoms with Crippen molar-refractivity contribution in [3.8, 4) is 11.1 Å². The second kappa shape index (κ2) is 9.68. The Hall–Kier alpha value is -2.98. The molecular formula is C25H25ClN2O2. The summed E-state index contributed by atoms with van der Waals surface area (Å²) in [4.78, 5) is 30.3. The Morgan fingerprint density at radius 3 is 2.30 bits per heavy atom. The lowest BCUT2D eigenvalue weighted by molar-refractivity contribution is -0.118. The van der Waals surface area contributed by atoms with Crippen molar-refractivity contribution >= 4 is 29.0 Å². The van der Waals surface area contributed by atoms with Crippen molar-refractivity contribution in [1.82, 2.24) is 4.98 Å². The van der Waals surface area contributed by atoms with Crippen LogP contribution in [0, 0.1) is 6.92 Å². The Kier molecular flexibility index (Phi) is 7.01. The van der Waals surface area contributed by atoms with Crippen molar-refractivity contribution in [2.45, 2.75) is 33.1 Å². The van der Waals surface area contributed by atoms with E-state index < -0.39 is 0 Å². The highest BCUT2D eigenvalue weighted by atomic mass is 35.5. The molecule has 3 aromatic rings. The molecule has 5 heteroatoms. The zero-order valence-corrected chi connectivity index (χ0v) is 18.2. The lowest BCUT2D eigenvalue weighted by Gasteiger charge is -2.17. The first-order valence-corrected chi connectivity index (χ1v) is 10.4. The molecule has 0 fully saturated rings. The van der Waals surface area contributed by atoms with Crippen molar-refractivity contribution in [1.29, 1.82) is 0 Å². The number of amides is 1. The third-order valence-electron chi connectivity index (χ3n) is 5.22. The van der Waals surface area contributed by atoms with Crippen molar-refractivity contribution < 1.29 is 9.59 Å². The zero-order chi connectivity index (χ0) is 21.7. The maximum atomic E-state index is 12.7. The first-order valence-electron chi connectivity index (χ1n) is 10.00. The minimum Gasteiger partial charge on any atom is -0.316 e. The molecule has 154 valence electrons. The van der Waals surface area contributed by atoms with Gasteiger partial charge in [0, 0.05) is 37.3 Å². The quantitative estimate of drug-likeness (QED) is 0.353. The minimum absolute atomic E-state index is 0.0795. The number of carbonyl (C=O) groups is 2. The predicted octanol–water partition coefficient (Wildman–Crippen LogP) is 5.90. The highest BCUT2D eigenvalue weighted by molar-refractivity contribution is 6.29. The van der Waals surface area contributed by atoms with Gasteiger partial charge in [-0.15, -0.1) is 0 Å². The molecule has 3 rings (SSSR count). The van der Waals surface area contributed by atoms with E-state index in [1.165, 1.54) is 0 Å². The van der Waals surface area contributed by atoms with Gasteiger partial charge < -0.3 is 4.90 Å². The fourth-order valence-corrected chi connectivity index (χ4v) is 3.47. The largest absolute Gasteiger partial charge is 0.316 e. The highest BCUT2D eigenvalue weighted by Crippen LogP contribution is 2.26. The van der Waals surface area contributed by atoms with Crippen LogP contribution in [0.2, 0.25) is 5.15 Å². The summed E-state index contributed by atoms with van der Waals surface area (Å²) in [7, 11) is 1.78. The Labute approximate surface area is 182 Å². The summed E-state index contributed by atoms with van der Waals surface area (Å²) in [6.45, 7) is 3.81. The van der Waals surface area contributed by atoms with Crippen LogP contribution in [0.5, 0.6) is 0 Å². The van der Waals surface area contributed by atoms with Gasteiger partial charge in [-0.05, 0) is 53.8 Å². The predicted molar refractivity (Wildman–Crippen MR) is 122 cm³/mol. The maximum absolute atomic E-state index is 12.7. The van der Waals surface area contributed by atoms with Gasteiger partial charge in [0.1, 0.15) is 5.15 Å². The number of aromatic nitrogens is 1. The fourth-order valence-electron chi connectivity index (χ4n) is 3.36. The number of ketones is 1. The van der Waals surface area contributed by atoms with Crippen LogP contribution in [0.1, 0.15) is 41.3 Å². The van der Waals surface area contributed by atoms with E-state index in [-0.39, 0.29) is 11.7 Å². The number of hydrogen-bond acceptors (Lipinski definition) is 3. The molecule has 0 aliphatic heterocycles. The van der Waals surface area contributed by atoms with Crippen LogP contribution in [0.4, 0.5) is 5.69 Å². The molecule has 0 aliphatic carbocycles. The maximum Gasteiger partial charge on any atom is 0.226 e. The monoisotopic (exact) mass is 420 g/mol. The van der Waals surface area contributed by atoms with Crippen LogP contribution in [0.25, 0.3) is 11.1 Å². The third kappa shape index (κ3) is 5.14. The number of carbonyl (C=O) groups excluding carboxylic acids is 2. The average molecular weight is 421 g/mol. The Morgan fingerprint density at radius 2 is 1.70 bits per heavy atom. The van der Waals surface area contributed by atoms with Crippen LogP contribution < -0.4 is 4.90 Å². The van der Waals surface area contributed by atoms with E-state index in [0.29, 0.717) is 24.4 Å². The van der Waals surface area contributed by atoms with Crippen LogP contribution in [-0.4, -0.2) is 23.7 Å². The summed E-state index contributed by atoms with van der Waals surface area (Å²) < 4.78 is 0. The summed E-state index contributed by atoms with van der Waals surface area (Å²) >= 11 is 5.81. The van der Waals surface area contributed by atoms with Gasteiger partial charge >= 0.3 is 0 Å². The number of Topliss-reactive ketones (excluding diaryl/α,β-unsaturated/α-hetero) is 1. The van der Waals surface area contributed by atoms with Crippen molar-refractivity contribution in [2.24, 2.45) is 0 Å². The number of halogens is 1. The average Bonchev–Trinajstić information content (AvgIpc) is 2.77. The van der Waals surface area contributed by atoms with Gasteiger partial charge in [-0.25, -0.2) is 4.98 Å². The van der Waals surface area contributed by atoms with Crippen molar-refractivity contribution in [3.63, 3.8) is 0 Å². The molecule has 0 N–H and O–H groups in total. The molecule has 0 saturated heterocycles. The molecule has 1 heterocycles. The molecule has 0 aliphatic rings. The number of nitrogens with zero attached hydrogens (tertiary/aromatic N) is 2. The second-order valence-electron chi connectivity index (χ2n) is 7.30. The summed E-state index contributed by atoms with van der Waals surface area (Å²) in [6.07, 6.45) is 3.24. The number of pyridine rings is 1. The Morgan fingerprint density at radius 1 is 1.00 bits per heavy atom. The molecule has 1 amide bonds. The number of hydrogen-bond donors (Lipinski definition) is 0. The molecule has 0 radical (unpaired) electrons. The van der Waals surface area contributed by atoms with E-state index in [2.05, 4.69) is 4.98 Å². The zero-order valence-electron chi connectivity index (χ0n) is 17.5. The standard InChI is InChI=1S/C25H25ClN2O2/c1-4-25(30)28(3)21-10-7-19(8-11-21)20-9-12-22(17(2)15-20)23(29)13-5-18-6-14-24(26)27-16-18/h6-12,14-16H,4-5,13H2,1-3H3. The van der Waals surface area contributed by atoms with Crippen molar-refractivity contribution in [2.75, 3.05) is 11.9 Å². The number of aryl methyl sites for hydroxylation is 2. The van der Waals surface area contributed by atoms with Gasteiger partial charge in [0.15, 0.2) is 5.78 Å². The highest BCUT2D eigenvalue weighted by Gasteiger charge is 2.12. The van der Waals surface area contributed by atoms with E-state index in [1.807, 2.05) is 62.4 Å². The van der Waals surface area contributed by atoms with E-state index in [0.717, 1.165) is 33.5 Å². The minimum atomic E-state index is 0.0795. The molecule has 0 saturated carbocycles. The van der Waals surface area contributed by atoms with Gasteiger partial charge in [0.25, 0.3) is 0 Å². The SMILES string of the molecule is CCC(=O)N(C)c1ccc(-c2ccc(C(=O)CCc3ccc(Cl)nc3)c(C)c2)cc1. The normalized spacial score (nSPS) is 10.7. The molecule has 30 heavy (non-hydrogen) atoms. The summed E-state index contributed by atoms with van der Waals surface area (Å²) in [5, 5.41) is 0.452. The number of anilines is 1. The lowest BCUT2D eigenvalue weighted by Crippen LogP contribution is -2.24. The Bertz CT molecular complexity index is 1040. The van der Waals surface area contributed by atoms with E-state index >= 15 is 0 Å². The topological polar surface area (TPSA) is 50.3 Å². The smallest absolute Gasteiger partial charge is 0.226 e. The number of rotatable bonds is 7.